The van der Waals surface area contributed by atoms with Crippen LogP contribution in [-0.4, -0.2) is 110 Å². The van der Waals surface area contributed by atoms with E-state index in [0.29, 0.717) is 6.54 Å². The van der Waals surface area contributed by atoms with Crippen LogP contribution >= 0.6 is 20.7 Å². The molecule has 19 heteroatoms. The molecule has 2 aromatic heterocycles. The normalized spacial score (nSPS) is 23.6. The van der Waals surface area contributed by atoms with Crippen molar-refractivity contribution in [3.05, 3.63) is 29.3 Å². The van der Waals surface area contributed by atoms with Gasteiger partial charge in [-0.05, 0) is 46.8 Å². The maximum absolute atomic E-state index is 13.0. The number of aromatic nitrogens is 4. The number of anilines is 1. The summed E-state index contributed by atoms with van der Waals surface area (Å²) in [5.41, 5.74) is 2.52. The van der Waals surface area contributed by atoms with Crippen molar-refractivity contribution >= 4 is 58.8 Å². The van der Waals surface area contributed by atoms with E-state index < -0.39 is 48.5 Å². The summed E-state index contributed by atoms with van der Waals surface area (Å²) in [6.45, 7) is 17.9. The fourth-order valence-electron chi connectivity index (χ4n) is 5.17. The molecule has 2 saturated heterocycles. The van der Waals surface area contributed by atoms with Crippen molar-refractivity contribution in [3.8, 4) is 0 Å². The van der Waals surface area contributed by atoms with Crippen LogP contribution in [0, 0.1) is 5.92 Å². The van der Waals surface area contributed by atoms with E-state index in [1.807, 2.05) is 34.6 Å². The Morgan fingerprint density at radius 2 is 1.89 bits per heavy atom. The number of thiocarbonyl (C=S) groups is 1. The second-order valence-electron chi connectivity index (χ2n) is 12.2. The minimum Gasteiger partial charge on any atom is -0.460 e. The summed E-state index contributed by atoms with van der Waals surface area (Å²) in [7, 11) is -4.90. The molecule has 1 amide bonds. The van der Waals surface area contributed by atoms with Gasteiger partial charge in [0.1, 0.15) is 6.10 Å². The highest BCUT2D eigenvalue weighted by atomic mass is 32.2. The van der Waals surface area contributed by atoms with E-state index in [1.54, 1.807) is 29.4 Å². The summed E-state index contributed by atoms with van der Waals surface area (Å²) in [5.74, 6) is -0.819. The van der Waals surface area contributed by atoms with Crippen LogP contribution in [0.4, 0.5) is 5.95 Å². The first-order valence-electron chi connectivity index (χ1n) is 15.5. The molecule has 2 fully saturated rings. The quantitative estimate of drug-likeness (QED) is 0.0904. The summed E-state index contributed by atoms with van der Waals surface area (Å²) in [6, 6.07) is 0.0904. The molecule has 0 saturated carbocycles. The minimum absolute atomic E-state index is 0.0285. The zero-order valence-electron chi connectivity index (χ0n) is 27.7. The first-order valence-corrected chi connectivity index (χ1v) is 18.8. The number of amides is 1. The molecule has 47 heavy (non-hydrogen) atoms. The first-order chi connectivity index (χ1) is 22.1. The first kappa shape index (κ1) is 37.3. The molecule has 0 spiro atoms. The molecule has 0 aliphatic carbocycles. The van der Waals surface area contributed by atoms with Gasteiger partial charge in [0.25, 0.3) is 19.3 Å². The van der Waals surface area contributed by atoms with Crippen molar-refractivity contribution in [1.82, 2.24) is 34.6 Å². The third-order valence-electron chi connectivity index (χ3n) is 7.56. The maximum Gasteiger partial charge on any atom is 0.280 e. The van der Waals surface area contributed by atoms with Crippen molar-refractivity contribution in [1.29, 1.82) is 0 Å². The largest absolute Gasteiger partial charge is 0.460 e. The van der Waals surface area contributed by atoms with Crippen LogP contribution in [0.25, 0.3) is 11.2 Å². The molecule has 0 bridgehead atoms. The van der Waals surface area contributed by atoms with E-state index in [1.165, 1.54) is 6.33 Å². The van der Waals surface area contributed by atoms with Gasteiger partial charge in [-0.3, -0.25) is 24.5 Å². The zero-order valence-corrected chi connectivity index (χ0v) is 30.2. The molecular weight excluding hydrogens is 671 g/mol. The van der Waals surface area contributed by atoms with E-state index in [4.69, 9.17) is 30.8 Å². The number of imidazole rings is 1. The van der Waals surface area contributed by atoms with E-state index in [-0.39, 0.29) is 70.8 Å². The molecule has 2 aromatic rings. The van der Waals surface area contributed by atoms with Gasteiger partial charge in [-0.25, -0.2) is 22.7 Å². The summed E-state index contributed by atoms with van der Waals surface area (Å²) in [5, 5.41) is 2.71. The van der Waals surface area contributed by atoms with Crippen LogP contribution in [0.15, 0.2) is 23.8 Å². The standard InChI is InChI=1S/C28H45N8O8PS2/c1-9-10-30-44-45(36(17(4)5)18(6)7)43-21-19(8)41-26(22(21)42-28(46)34-11-13-47(39,40)14-12-34)35-15-29-20-23(35)31-27(33-25(20)38)32-24(37)16(2)3/h9,15-19,21-22,26,30H,1,10-14H2,2-8H3,(H2,31,32,33,37,38)/t19-,21?,22+,26-,45?/m1/s1. The van der Waals surface area contributed by atoms with E-state index in [9.17, 15) is 18.0 Å². The molecule has 4 heterocycles. The Morgan fingerprint density at radius 1 is 1.23 bits per heavy atom. The maximum atomic E-state index is 13.0. The van der Waals surface area contributed by atoms with Crippen molar-refractivity contribution in [2.24, 2.45) is 5.92 Å². The predicted molar refractivity (Wildman–Crippen MR) is 182 cm³/mol. The zero-order chi connectivity index (χ0) is 34.6. The third kappa shape index (κ3) is 8.92. The van der Waals surface area contributed by atoms with Gasteiger partial charge in [-0.2, -0.15) is 10.5 Å². The molecule has 2 aliphatic rings. The number of hydroxylamine groups is 1. The van der Waals surface area contributed by atoms with Gasteiger partial charge < -0.3 is 18.9 Å². The number of hydrogen-bond acceptors (Lipinski definition) is 13. The van der Waals surface area contributed by atoms with Crippen LogP contribution in [0.1, 0.15) is 54.7 Å². The van der Waals surface area contributed by atoms with Crippen molar-refractivity contribution < 1.29 is 31.8 Å². The minimum atomic E-state index is -3.16. The Kier molecular flexibility index (Phi) is 12.5. The SMILES string of the molecule is C=CCNOP(OC1[C@@H](C)O[C@@H](n2cnc3c(=O)[nH]c(NC(=O)C(C)C)nc32)[C@H]1OC(=S)N1CCS(=O)(=O)CC1)N(C(C)C)C(C)C. The fraction of sp³-hybridized carbons (Fsp3) is 0.679. The average molecular weight is 717 g/mol. The van der Waals surface area contributed by atoms with E-state index in [2.05, 4.69) is 37.0 Å². The lowest BCUT2D eigenvalue weighted by atomic mass is 10.1. The van der Waals surface area contributed by atoms with Gasteiger partial charge in [0.15, 0.2) is 33.3 Å². The molecule has 16 nitrogen and oxygen atoms in total. The lowest BCUT2D eigenvalue weighted by molar-refractivity contribution is -0.118. The molecule has 0 radical (unpaired) electrons. The summed E-state index contributed by atoms with van der Waals surface area (Å²) in [6.07, 6.45) is -0.130. The summed E-state index contributed by atoms with van der Waals surface area (Å²) < 4.78 is 53.5. The summed E-state index contributed by atoms with van der Waals surface area (Å²) in [4.78, 5) is 38.4. The number of fused-ring (bicyclic) bond motifs is 1. The number of rotatable bonds is 13. The van der Waals surface area contributed by atoms with Crippen molar-refractivity contribution in [3.63, 3.8) is 0 Å². The highest BCUT2D eigenvalue weighted by Crippen LogP contribution is 2.50. The Balaban J connectivity index is 1.74. The van der Waals surface area contributed by atoms with E-state index in [0.717, 1.165) is 0 Å². The summed E-state index contributed by atoms with van der Waals surface area (Å²) >= 11 is 5.70. The highest BCUT2D eigenvalue weighted by Gasteiger charge is 2.50. The number of H-pyrrole nitrogens is 1. The van der Waals surface area contributed by atoms with Crippen LogP contribution in [-0.2, 0) is 33.3 Å². The lowest BCUT2D eigenvalue weighted by Crippen LogP contribution is -2.47. The van der Waals surface area contributed by atoms with E-state index >= 15 is 0 Å². The second kappa shape index (κ2) is 15.8. The van der Waals surface area contributed by atoms with Gasteiger partial charge in [0, 0.05) is 37.6 Å². The van der Waals surface area contributed by atoms with Gasteiger partial charge in [-0.1, -0.05) is 19.9 Å². The van der Waals surface area contributed by atoms with Crippen molar-refractivity contribution in [2.45, 2.75) is 85.1 Å². The molecule has 0 aromatic carbocycles. The Morgan fingerprint density at radius 3 is 2.49 bits per heavy atom. The third-order valence-corrected chi connectivity index (χ3v) is 11.5. The lowest BCUT2D eigenvalue weighted by Gasteiger charge is -2.38. The Bertz CT molecular complexity index is 1580. The number of sulfone groups is 1. The molecule has 4 rings (SSSR count). The molecular formula is C28H45N8O8PS2. The van der Waals surface area contributed by atoms with Crippen LogP contribution in [0.3, 0.4) is 0 Å². The number of aromatic amines is 1. The topological polar surface area (TPSA) is 182 Å². The predicted octanol–water partition coefficient (Wildman–Crippen LogP) is 2.47. The van der Waals surface area contributed by atoms with Crippen LogP contribution < -0.4 is 16.4 Å². The molecule has 2 unspecified atom stereocenters. The monoisotopic (exact) mass is 716 g/mol. The molecule has 262 valence electrons. The number of carbonyl (C=O) groups excluding carboxylic acids is 1. The van der Waals surface area contributed by atoms with Gasteiger partial charge in [0.2, 0.25) is 11.9 Å². The highest BCUT2D eigenvalue weighted by molar-refractivity contribution is 7.91. The number of nitrogens with one attached hydrogen (secondary N) is 3. The Labute approximate surface area is 281 Å². The molecule has 3 N–H and O–H groups in total. The smallest absolute Gasteiger partial charge is 0.280 e. The number of hydrogen-bond donors (Lipinski definition) is 3. The fourth-order valence-corrected chi connectivity index (χ4v) is 8.35. The number of ether oxygens (including phenoxy) is 2. The van der Waals surface area contributed by atoms with Crippen LogP contribution in [0.2, 0.25) is 0 Å². The van der Waals surface area contributed by atoms with Gasteiger partial charge in [-0.15, -0.1) is 6.58 Å². The second-order valence-corrected chi connectivity index (χ2v) is 16.2. The number of nitrogens with zero attached hydrogens (tertiary/aromatic N) is 5. The average Bonchev–Trinajstić information content (AvgIpc) is 3.53. The van der Waals surface area contributed by atoms with Crippen molar-refractivity contribution in [2.75, 3.05) is 36.5 Å². The van der Waals surface area contributed by atoms with Crippen LogP contribution in [0.5, 0.6) is 0 Å². The number of carbonyl (C=O) groups is 1. The van der Waals surface area contributed by atoms with Gasteiger partial charge >= 0.3 is 0 Å². The molecule has 5 atom stereocenters. The van der Waals surface area contributed by atoms with Gasteiger partial charge in [0.05, 0.1) is 23.9 Å². The Hall–Kier alpha value is -2.57. The molecule has 2 aliphatic heterocycles.